The van der Waals surface area contributed by atoms with E-state index in [0.717, 1.165) is 5.56 Å². The Labute approximate surface area is 114 Å². The van der Waals surface area contributed by atoms with E-state index < -0.39 is 0 Å². The number of nitrogens with zero attached hydrogens (tertiary/aromatic N) is 1. The number of oxazole rings is 1. The maximum absolute atomic E-state index is 13.4. The zero-order chi connectivity index (χ0) is 13.5. The first-order valence-electron chi connectivity index (χ1n) is 5.69. The molecular weight excluding hydrogens is 265 g/mol. The molecule has 0 aliphatic rings. The normalized spacial score (nSPS) is 10.0. The largest absolute Gasteiger partial charge is 0.440 e. The Bertz CT molecular complexity index is 587. The molecule has 1 heterocycles. The van der Waals surface area contributed by atoms with Crippen molar-refractivity contribution in [2.75, 3.05) is 6.61 Å². The number of hydrogen-bond donors (Lipinski definition) is 1. The number of rotatable bonds is 4. The number of benzene rings is 1. The highest BCUT2D eigenvalue weighted by Gasteiger charge is 2.03. The second-order valence-corrected chi connectivity index (χ2v) is 4.64. The molecule has 0 radical (unpaired) electrons. The number of halogens is 1. The number of aromatic nitrogens is 1. The van der Waals surface area contributed by atoms with Crippen molar-refractivity contribution in [3.8, 4) is 11.8 Å². The van der Waals surface area contributed by atoms with Crippen LogP contribution in [0.1, 0.15) is 17.5 Å². The summed E-state index contributed by atoms with van der Waals surface area (Å²) in [7, 11) is 0. The molecule has 5 heteroatoms. The number of thioether (sulfide) groups is 1. The molecular formula is C14H12FNO2S. The summed E-state index contributed by atoms with van der Waals surface area (Å²) in [6, 6.07) is 4.67. The van der Waals surface area contributed by atoms with E-state index in [1.165, 1.54) is 30.2 Å². The zero-order valence-corrected chi connectivity index (χ0v) is 10.9. The smallest absolute Gasteiger partial charge is 0.255 e. The van der Waals surface area contributed by atoms with E-state index in [2.05, 4.69) is 16.8 Å². The van der Waals surface area contributed by atoms with Gasteiger partial charge in [0.25, 0.3) is 5.22 Å². The first-order valence-corrected chi connectivity index (χ1v) is 6.68. The van der Waals surface area contributed by atoms with Gasteiger partial charge in [-0.25, -0.2) is 9.37 Å². The van der Waals surface area contributed by atoms with Gasteiger partial charge in [0, 0.05) is 17.7 Å². The fraction of sp³-hybridized carbons (Fsp3) is 0.214. The molecule has 98 valence electrons. The number of hydrogen-bond acceptors (Lipinski definition) is 4. The summed E-state index contributed by atoms with van der Waals surface area (Å²) in [5.74, 6) is 5.83. The van der Waals surface area contributed by atoms with Crippen LogP contribution in [0.3, 0.4) is 0 Å². The van der Waals surface area contributed by atoms with E-state index in [1.807, 2.05) is 6.07 Å². The lowest BCUT2D eigenvalue weighted by Gasteiger charge is -2.01. The topological polar surface area (TPSA) is 46.3 Å². The fourth-order valence-corrected chi connectivity index (χ4v) is 2.17. The molecule has 1 N–H and O–H groups in total. The van der Waals surface area contributed by atoms with Gasteiger partial charge in [0.1, 0.15) is 12.1 Å². The molecule has 0 bridgehead atoms. The molecule has 0 fully saturated rings. The van der Waals surface area contributed by atoms with Gasteiger partial charge in [0.2, 0.25) is 0 Å². The van der Waals surface area contributed by atoms with Crippen molar-refractivity contribution in [3.05, 3.63) is 47.6 Å². The third kappa shape index (κ3) is 4.43. The second-order valence-electron chi connectivity index (χ2n) is 3.71. The average Bonchev–Trinajstić information content (AvgIpc) is 2.89. The first kappa shape index (κ1) is 13.7. The standard InChI is InChI=1S/C14H12FNO2S/c15-13-8-11(3-1-2-5-17)7-12(9-13)10-19-14-16-4-6-18-14/h4,6-9,17H,2,5,10H2. The van der Waals surface area contributed by atoms with Crippen molar-refractivity contribution >= 4 is 11.8 Å². The monoisotopic (exact) mass is 277 g/mol. The average molecular weight is 277 g/mol. The zero-order valence-electron chi connectivity index (χ0n) is 10.1. The van der Waals surface area contributed by atoms with E-state index in [9.17, 15) is 4.39 Å². The molecule has 0 unspecified atom stereocenters. The minimum absolute atomic E-state index is 0.00911. The SMILES string of the molecule is OCCC#Cc1cc(F)cc(CSc2ncco2)c1. The summed E-state index contributed by atoms with van der Waals surface area (Å²) in [6.07, 6.45) is 3.45. The lowest BCUT2D eigenvalue weighted by molar-refractivity contribution is 0.305. The third-order valence-electron chi connectivity index (χ3n) is 2.20. The molecule has 0 aliphatic carbocycles. The Morgan fingerprint density at radius 3 is 3.00 bits per heavy atom. The van der Waals surface area contributed by atoms with E-state index >= 15 is 0 Å². The Morgan fingerprint density at radius 1 is 1.37 bits per heavy atom. The van der Waals surface area contributed by atoms with Gasteiger partial charge >= 0.3 is 0 Å². The van der Waals surface area contributed by atoms with Crippen LogP contribution in [0.4, 0.5) is 4.39 Å². The maximum Gasteiger partial charge on any atom is 0.255 e. The highest BCUT2D eigenvalue weighted by Crippen LogP contribution is 2.21. The number of aliphatic hydroxyl groups is 1. The van der Waals surface area contributed by atoms with E-state index in [4.69, 9.17) is 9.52 Å². The quantitative estimate of drug-likeness (QED) is 0.689. The molecule has 2 aromatic rings. The molecule has 1 aromatic heterocycles. The first-order chi connectivity index (χ1) is 9.28. The fourth-order valence-electron chi connectivity index (χ4n) is 1.45. The van der Waals surface area contributed by atoms with Crippen LogP contribution in [0, 0.1) is 17.7 Å². The minimum Gasteiger partial charge on any atom is -0.440 e. The second kappa shape index (κ2) is 6.98. The summed E-state index contributed by atoms with van der Waals surface area (Å²) in [6.45, 7) is 0.00911. The Hall–Kier alpha value is -1.77. The predicted molar refractivity (Wildman–Crippen MR) is 71.0 cm³/mol. The molecule has 0 aliphatic heterocycles. The predicted octanol–water partition coefficient (Wildman–Crippen LogP) is 2.84. The van der Waals surface area contributed by atoms with Crippen LogP contribution in [0.5, 0.6) is 0 Å². The maximum atomic E-state index is 13.4. The molecule has 0 atom stereocenters. The van der Waals surface area contributed by atoms with E-state index in [-0.39, 0.29) is 12.4 Å². The van der Waals surface area contributed by atoms with Crippen molar-refractivity contribution in [1.29, 1.82) is 0 Å². The molecule has 2 rings (SSSR count). The van der Waals surface area contributed by atoms with Crippen LogP contribution in [0.2, 0.25) is 0 Å². The van der Waals surface area contributed by atoms with Crippen molar-refractivity contribution in [3.63, 3.8) is 0 Å². The van der Waals surface area contributed by atoms with Gasteiger partial charge < -0.3 is 9.52 Å². The van der Waals surface area contributed by atoms with Gasteiger partial charge in [-0.2, -0.15) is 0 Å². The van der Waals surface area contributed by atoms with Crippen LogP contribution in [0.25, 0.3) is 0 Å². The van der Waals surface area contributed by atoms with Crippen molar-refractivity contribution in [2.24, 2.45) is 0 Å². The molecule has 19 heavy (non-hydrogen) atoms. The molecule has 1 aromatic carbocycles. The van der Waals surface area contributed by atoms with Gasteiger partial charge in [0.05, 0.1) is 12.8 Å². The molecule has 0 saturated carbocycles. The van der Waals surface area contributed by atoms with Gasteiger partial charge in [0.15, 0.2) is 0 Å². The van der Waals surface area contributed by atoms with E-state index in [0.29, 0.717) is 23.0 Å². The van der Waals surface area contributed by atoms with Gasteiger partial charge in [-0.05, 0) is 23.8 Å². The highest BCUT2D eigenvalue weighted by atomic mass is 32.2. The van der Waals surface area contributed by atoms with E-state index in [1.54, 1.807) is 6.20 Å². The Balaban J connectivity index is 2.06. The summed E-state index contributed by atoms with van der Waals surface area (Å²) in [4.78, 5) is 3.98. The van der Waals surface area contributed by atoms with Crippen molar-refractivity contribution < 1.29 is 13.9 Å². The highest BCUT2D eigenvalue weighted by molar-refractivity contribution is 7.98. The van der Waals surface area contributed by atoms with Crippen LogP contribution in [0.15, 0.2) is 40.3 Å². The van der Waals surface area contributed by atoms with Crippen molar-refractivity contribution in [2.45, 2.75) is 17.4 Å². The summed E-state index contributed by atoms with van der Waals surface area (Å²) in [5, 5.41) is 9.20. The number of aliphatic hydroxyl groups excluding tert-OH is 1. The molecule has 0 amide bonds. The lowest BCUT2D eigenvalue weighted by atomic mass is 10.1. The molecule has 0 spiro atoms. The van der Waals surface area contributed by atoms with Gasteiger partial charge in [-0.3, -0.25) is 0 Å². The summed E-state index contributed by atoms with van der Waals surface area (Å²) >= 11 is 1.39. The Kier molecular flexibility index (Phi) is 5.01. The lowest BCUT2D eigenvalue weighted by Crippen LogP contribution is -1.87. The van der Waals surface area contributed by atoms with Gasteiger partial charge in [-0.1, -0.05) is 23.6 Å². The third-order valence-corrected chi connectivity index (χ3v) is 3.13. The minimum atomic E-state index is -0.321. The van der Waals surface area contributed by atoms with Crippen LogP contribution < -0.4 is 0 Å². The van der Waals surface area contributed by atoms with Crippen LogP contribution in [-0.4, -0.2) is 16.7 Å². The summed E-state index contributed by atoms with van der Waals surface area (Å²) < 4.78 is 18.5. The molecule has 3 nitrogen and oxygen atoms in total. The van der Waals surface area contributed by atoms with Crippen molar-refractivity contribution in [1.82, 2.24) is 4.98 Å². The van der Waals surface area contributed by atoms with Crippen LogP contribution in [-0.2, 0) is 5.75 Å². The van der Waals surface area contributed by atoms with Crippen LogP contribution >= 0.6 is 11.8 Å². The Morgan fingerprint density at radius 2 is 2.26 bits per heavy atom. The molecule has 0 saturated heterocycles. The van der Waals surface area contributed by atoms with Gasteiger partial charge in [-0.15, -0.1) is 0 Å². The summed E-state index contributed by atoms with van der Waals surface area (Å²) in [5.41, 5.74) is 1.42.